The van der Waals surface area contributed by atoms with E-state index in [2.05, 4.69) is 5.32 Å². The fraction of sp³-hybridized carbons (Fsp3) is 0.188. The number of rotatable bonds is 4. The van der Waals surface area contributed by atoms with Crippen LogP contribution in [-0.4, -0.2) is 11.0 Å². The summed E-state index contributed by atoms with van der Waals surface area (Å²) in [6.45, 7) is 1.62. The molecule has 0 fully saturated rings. The van der Waals surface area contributed by atoms with Gasteiger partial charge in [0.15, 0.2) is 0 Å². The van der Waals surface area contributed by atoms with Gasteiger partial charge in [0.25, 0.3) is 0 Å². The fourth-order valence-electron chi connectivity index (χ4n) is 1.97. The number of aliphatic hydroxyl groups is 1. The third-order valence-corrected chi connectivity index (χ3v) is 3.38. The highest BCUT2D eigenvalue weighted by Crippen LogP contribution is 2.26. The predicted molar refractivity (Wildman–Crippen MR) is 80.7 cm³/mol. The van der Waals surface area contributed by atoms with Crippen LogP contribution < -0.4 is 5.32 Å². The molecule has 2 aromatic carbocycles. The van der Waals surface area contributed by atoms with Crippen molar-refractivity contribution < 1.29 is 9.90 Å². The Morgan fingerprint density at radius 3 is 2.40 bits per heavy atom. The lowest BCUT2D eigenvalue weighted by Crippen LogP contribution is -2.28. The molecule has 0 radical (unpaired) electrons. The highest BCUT2D eigenvalue weighted by atomic mass is 35.5. The number of para-hydroxylation sites is 1. The molecule has 1 unspecified atom stereocenters. The van der Waals surface area contributed by atoms with Gasteiger partial charge in [-0.2, -0.15) is 0 Å². The van der Waals surface area contributed by atoms with Crippen molar-refractivity contribution in [1.29, 1.82) is 0 Å². The van der Waals surface area contributed by atoms with Crippen LogP contribution in [0.2, 0.25) is 5.02 Å². The van der Waals surface area contributed by atoms with Crippen molar-refractivity contribution in [3.8, 4) is 0 Å². The molecule has 0 saturated carbocycles. The van der Waals surface area contributed by atoms with Gasteiger partial charge in [-0.15, -0.1) is 0 Å². The predicted octanol–water partition coefficient (Wildman–Crippen LogP) is 3.58. The van der Waals surface area contributed by atoms with Gasteiger partial charge < -0.3 is 10.4 Å². The topological polar surface area (TPSA) is 49.3 Å². The van der Waals surface area contributed by atoms with Crippen LogP contribution in [0, 0.1) is 0 Å². The van der Waals surface area contributed by atoms with Crippen molar-refractivity contribution >= 4 is 23.2 Å². The smallest absolute Gasteiger partial charge is 0.227 e. The summed E-state index contributed by atoms with van der Waals surface area (Å²) in [6, 6.07) is 16.1. The molecule has 4 heteroatoms. The summed E-state index contributed by atoms with van der Waals surface area (Å²) < 4.78 is 0. The summed E-state index contributed by atoms with van der Waals surface area (Å²) in [7, 11) is 0. The van der Waals surface area contributed by atoms with Crippen molar-refractivity contribution in [2.45, 2.75) is 18.9 Å². The van der Waals surface area contributed by atoms with E-state index in [1.54, 1.807) is 43.3 Å². The van der Waals surface area contributed by atoms with E-state index in [1.165, 1.54) is 0 Å². The van der Waals surface area contributed by atoms with Crippen LogP contribution in [0.15, 0.2) is 54.6 Å². The summed E-state index contributed by atoms with van der Waals surface area (Å²) in [5, 5.41) is 13.6. The zero-order valence-corrected chi connectivity index (χ0v) is 11.9. The molecule has 1 amide bonds. The molecule has 0 aliphatic carbocycles. The Labute approximate surface area is 123 Å². The first-order chi connectivity index (χ1) is 9.49. The van der Waals surface area contributed by atoms with E-state index in [-0.39, 0.29) is 12.3 Å². The minimum atomic E-state index is -1.22. The first-order valence-electron chi connectivity index (χ1n) is 6.31. The molecule has 20 heavy (non-hydrogen) atoms. The zero-order chi connectivity index (χ0) is 14.6. The lowest BCUT2D eigenvalue weighted by Gasteiger charge is -2.23. The summed E-state index contributed by atoms with van der Waals surface area (Å²) in [5.41, 5.74) is 0.0319. The molecule has 0 heterocycles. The molecule has 0 aliphatic heterocycles. The number of hydrogen-bond acceptors (Lipinski definition) is 2. The highest BCUT2D eigenvalue weighted by Gasteiger charge is 2.26. The third kappa shape index (κ3) is 3.59. The molecule has 3 nitrogen and oxygen atoms in total. The number of amides is 1. The average molecular weight is 290 g/mol. The van der Waals surface area contributed by atoms with Gasteiger partial charge in [-0.05, 0) is 24.6 Å². The molecular formula is C16H16ClNO2. The Morgan fingerprint density at radius 2 is 1.75 bits per heavy atom. The largest absolute Gasteiger partial charge is 0.385 e. The van der Waals surface area contributed by atoms with E-state index in [9.17, 15) is 9.90 Å². The lowest BCUT2D eigenvalue weighted by molar-refractivity contribution is -0.120. The average Bonchev–Trinajstić information content (AvgIpc) is 2.42. The van der Waals surface area contributed by atoms with E-state index < -0.39 is 5.60 Å². The number of benzene rings is 2. The maximum Gasteiger partial charge on any atom is 0.227 e. The SMILES string of the molecule is CC(O)(CC(=O)Nc1ccccc1Cl)c1ccccc1. The number of nitrogens with one attached hydrogen (secondary N) is 1. The highest BCUT2D eigenvalue weighted by molar-refractivity contribution is 6.33. The Morgan fingerprint density at radius 1 is 1.15 bits per heavy atom. The summed E-state index contributed by atoms with van der Waals surface area (Å²) in [4.78, 5) is 12.0. The Kier molecular flexibility index (Phi) is 4.42. The van der Waals surface area contributed by atoms with Crippen molar-refractivity contribution in [3.05, 3.63) is 65.2 Å². The second-order valence-corrected chi connectivity index (χ2v) is 5.25. The van der Waals surface area contributed by atoms with Crippen LogP contribution in [0.25, 0.3) is 0 Å². The maximum absolute atomic E-state index is 12.0. The van der Waals surface area contributed by atoms with Gasteiger partial charge in [0.05, 0.1) is 22.7 Å². The second-order valence-electron chi connectivity index (χ2n) is 4.84. The summed E-state index contributed by atoms with van der Waals surface area (Å²) >= 11 is 5.98. The standard InChI is InChI=1S/C16H16ClNO2/c1-16(20,12-7-3-2-4-8-12)11-15(19)18-14-10-6-5-9-13(14)17/h2-10,20H,11H2,1H3,(H,18,19). The van der Waals surface area contributed by atoms with Crippen LogP contribution in [0.4, 0.5) is 5.69 Å². The monoisotopic (exact) mass is 289 g/mol. The molecule has 2 N–H and O–H groups in total. The number of carbonyl (C=O) groups is 1. The zero-order valence-electron chi connectivity index (χ0n) is 11.1. The van der Waals surface area contributed by atoms with E-state index in [0.29, 0.717) is 16.3 Å². The molecule has 2 rings (SSSR count). The summed E-state index contributed by atoms with van der Waals surface area (Å²) in [6.07, 6.45) is -0.0394. The van der Waals surface area contributed by atoms with Crippen LogP contribution in [0.3, 0.4) is 0 Å². The molecule has 0 spiro atoms. The first-order valence-corrected chi connectivity index (χ1v) is 6.69. The number of carbonyl (C=O) groups excluding carboxylic acids is 1. The van der Waals surface area contributed by atoms with Crippen molar-refractivity contribution in [2.75, 3.05) is 5.32 Å². The fourth-order valence-corrected chi connectivity index (χ4v) is 2.15. The van der Waals surface area contributed by atoms with Gasteiger partial charge in [0.1, 0.15) is 0 Å². The maximum atomic E-state index is 12.0. The van der Waals surface area contributed by atoms with Gasteiger partial charge in [0.2, 0.25) is 5.91 Å². The van der Waals surface area contributed by atoms with E-state index >= 15 is 0 Å². The molecule has 1 atom stereocenters. The van der Waals surface area contributed by atoms with Crippen LogP contribution in [-0.2, 0) is 10.4 Å². The van der Waals surface area contributed by atoms with Crippen LogP contribution in [0.5, 0.6) is 0 Å². The molecule has 0 bridgehead atoms. The van der Waals surface area contributed by atoms with Gasteiger partial charge in [0, 0.05) is 0 Å². The summed E-state index contributed by atoms with van der Waals surface area (Å²) in [5.74, 6) is -0.285. The van der Waals surface area contributed by atoms with E-state index in [4.69, 9.17) is 11.6 Å². The minimum Gasteiger partial charge on any atom is -0.385 e. The van der Waals surface area contributed by atoms with Gasteiger partial charge >= 0.3 is 0 Å². The third-order valence-electron chi connectivity index (χ3n) is 3.05. The molecule has 0 aromatic heterocycles. The number of anilines is 1. The van der Waals surface area contributed by atoms with E-state index in [1.807, 2.05) is 18.2 Å². The normalized spacial score (nSPS) is 13.6. The second kappa shape index (κ2) is 6.07. The van der Waals surface area contributed by atoms with Crippen molar-refractivity contribution in [1.82, 2.24) is 0 Å². The van der Waals surface area contributed by atoms with Gasteiger partial charge in [-0.3, -0.25) is 4.79 Å². The minimum absolute atomic E-state index is 0.0394. The molecule has 0 saturated heterocycles. The molecule has 0 aliphatic rings. The number of hydrogen-bond donors (Lipinski definition) is 2. The van der Waals surface area contributed by atoms with Crippen molar-refractivity contribution in [2.24, 2.45) is 0 Å². The van der Waals surface area contributed by atoms with E-state index in [0.717, 1.165) is 0 Å². The van der Waals surface area contributed by atoms with Gasteiger partial charge in [-0.25, -0.2) is 0 Å². The Balaban J connectivity index is 2.07. The molecular weight excluding hydrogens is 274 g/mol. The van der Waals surface area contributed by atoms with Crippen LogP contribution in [0.1, 0.15) is 18.9 Å². The molecule has 2 aromatic rings. The van der Waals surface area contributed by atoms with Gasteiger partial charge in [-0.1, -0.05) is 54.1 Å². The molecule has 104 valence electrons. The Hall–Kier alpha value is -1.84. The lowest BCUT2D eigenvalue weighted by atomic mass is 9.92. The van der Waals surface area contributed by atoms with Crippen LogP contribution >= 0.6 is 11.6 Å². The number of halogens is 1. The quantitative estimate of drug-likeness (QED) is 0.904. The van der Waals surface area contributed by atoms with Crippen molar-refractivity contribution in [3.63, 3.8) is 0 Å². The Bertz CT molecular complexity index is 596. The first kappa shape index (κ1) is 14.6.